The lowest BCUT2D eigenvalue weighted by molar-refractivity contribution is -0.157. The molecule has 0 saturated heterocycles. The molecule has 1 aromatic carbocycles. The number of rotatable bonds is 4. The highest BCUT2D eigenvalue weighted by Crippen LogP contribution is 2.67. The Kier molecular flexibility index (Phi) is 3.34. The number of carbonyl (C=O) groups excluding carboxylic acids is 1. The summed E-state index contributed by atoms with van der Waals surface area (Å²) in [6.45, 7) is -0.345. The summed E-state index contributed by atoms with van der Waals surface area (Å²) in [5.74, 6) is 0. The van der Waals surface area contributed by atoms with Crippen molar-refractivity contribution in [2.75, 3.05) is 6.67 Å². The summed E-state index contributed by atoms with van der Waals surface area (Å²) < 4.78 is 50.4. The summed E-state index contributed by atoms with van der Waals surface area (Å²) in [7, 11) is 0. The van der Waals surface area contributed by atoms with Crippen LogP contribution in [-0.2, 0) is 12.7 Å². The largest absolute Gasteiger partial charge is 0.416 e. The number of alkyl halides is 4. The highest BCUT2D eigenvalue weighted by Gasteiger charge is 2.68. The van der Waals surface area contributed by atoms with Crippen LogP contribution in [0.3, 0.4) is 0 Å². The first-order valence-electron chi connectivity index (χ1n) is 7.04. The molecule has 0 spiro atoms. The van der Waals surface area contributed by atoms with Gasteiger partial charge in [-0.15, -0.1) is 0 Å². The van der Waals surface area contributed by atoms with Gasteiger partial charge in [-0.05, 0) is 37.0 Å². The maximum Gasteiger partial charge on any atom is 0.416 e. The van der Waals surface area contributed by atoms with E-state index < -0.39 is 17.8 Å². The second-order valence-electron chi connectivity index (χ2n) is 6.45. The lowest BCUT2D eigenvalue weighted by atomic mass is 9.40. The summed E-state index contributed by atoms with van der Waals surface area (Å²) in [6, 6.07) is 4.41. The van der Waals surface area contributed by atoms with Crippen LogP contribution < -0.4 is 10.6 Å². The Labute approximate surface area is 125 Å². The molecule has 1 aromatic rings. The van der Waals surface area contributed by atoms with Crippen LogP contribution in [0.1, 0.15) is 30.4 Å². The van der Waals surface area contributed by atoms with Crippen molar-refractivity contribution >= 4 is 6.03 Å². The van der Waals surface area contributed by atoms with Crippen LogP contribution >= 0.6 is 0 Å². The monoisotopic (exact) mass is 316 g/mol. The van der Waals surface area contributed by atoms with Crippen LogP contribution in [0.4, 0.5) is 22.4 Å². The van der Waals surface area contributed by atoms with E-state index in [1.54, 1.807) is 0 Å². The van der Waals surface area contributed by atoms with Crippen LogP contribution in [0, 0.1) is 5.41 Å². The van der Waals surface area contributed by atoms with Crippen LogP contribution in [0.25, 0.3) is 0 Å². The third kappa shape index (κ3) is 2.64. The number of amides is 2. The van der Waals surface area contributed by atoms with E-state index in [1.807, 2.05) is 0 Å². The fraction of sp³-hybridized carbons (Fsp3) is 0.533. The standard InChI is InChI=1S/C15H16F4N2O/c16-9-13-6-14(7-13,8-13)21-12(22)20-5-10-2-1-3-11(4-10)15(17,18)19/h1-4H,5-9H2,(H2,20,21,22). The van der Waals surface area contributed by atoms with Crippen molar-refractivity contribution in [3.63, 3.8) is 0 Å². The van der Waals surface area contributed by atoms with E-state index in [0.717, 1.165) is 12.1 Å². The molecule has 0 radical (unpaired) electrons. The summed E-state index contributed by atoms with van der Waals surface area (Å²) in [5.41, 5.74) is -0.891. The number of hydrogen-bond donors (Lipinski definition) is 2. The quantitative estimate of drug-likeness (QED) is 0.821. The van der Waals surface area contributed by atoms with E-state index in [9.17, 15) is 22.4 Å². The van der Waals surface area contributed by atoms with Gasteiger partial charge in [-0.25, -0.2) is 4.79 Å². The number of nitrogens with one attached hydrogen (secondary N) is 2. The Bertz CT molecular complexity index is 580. The molecule has 2 amide bonds. The Hall–Kier alpha value is -1.79. The minimum atomic E-state index is -4.40. The molecular weight excluding hydrogens is 300 g/mol. The second-order valence-corrected chi connectivity index (χ2v) is 6.45. The predicted octanol–water partition coefficient (Wildman–Crippen LogP) is 3.40. The number of hydrogen-bond acceptors (Lipinski definition) is 1. The molecule has 0 unspecified atom stereocenters. The molecule has 3 fully saturated rings. The normalized spacial score (nSPS) is 29.3. The molecule has 3 aliphatic rings. The molecular formula is C15H16F4N2O. The van der Waals surface area contributed by atoms with Crippen molar-refractivity contribution in [2.24, 2.45) is 5.41 Å². The van der Waals surface area contributed by atoms with E-state index in [2.05, 4.69) is 10.6 Å². The van der Waals surface area contributed by atoms with E-state index in [1.165, 1.54) is 12.1 Å². The summed E-state index contributed by atoms with van der Waals surface area (Å²) in [5, 5.41) is 5.34. The van der Waals surface area contributed by atoms with Crippen molar-refractivity contribution in [3.8, 4) is 0 Å². The Balaban J connectivity index is 1.50. The molecule has 0 atom stereocenters. The molecule has 3 nitrogen and oxygen atoms in total. The van der Waals surface area contributed by atoms with E-state index in [0.29, 0.717) is 24.8 Å². The van der Waals surface area contributed by atoms with Crippen LogP contribution in [0.5, 0.6) is 0 Å². The molecule has 120 valence electrons. The highest BCUT2D eigenvalue weighted by atomic mass is 19.4. The third-order valence-electron chi connectivity index (χ3n) is 4.51. The molecule has 3 saturated carbocycles. The highest BCUT2D eigenvalue weighted by molar-refractivity contribution is 5.75. The Morgan fingerprint density at radius 2 is 1.91 bits per heavy atom. The smallest absolute Gasteiger partial charge is 0.334 e. The lowest BCUT2D eigenvalue weighted by Gasteiger charge is -2.69. The minimum absolute atomic E-state index is 0.0140. The van der Waals surface area contributed by atoms with E-state index in [4.69, 9.17) is 0 Å². The van der Waals surface area contributed by atoms with Gasteiger partial charge in [0.1, 0.15) is 0 Å². The van der Waals surface area contributed by atoms with Gasteiger partial charge in [0.15, 0.2) is 0 Å². The zero-order chi connectivity index (χ0) is 16.0. The third-order valence-corrected chi connectivity index (χ3v) is 4.51. The first-order valence-corrected chi connectivity index (χ1v) is 7.04. The van der Waals surface area contributed by atoms with E-state index in [-0.39, 0.29) is 24.2 Å². The number of benzene rings is 1. The van der Waals surface area contributed by atoms with Gasteiger partial charge >= 0.3 is 12.2 Å². The molecule has 22 heavy (non-hydrogen) atoms. The van der Waals surface area contributed by atoms with Gasteiger partial charge in [0.2, 0.25) is 0 Å². The molecule has 2 bridgehead atoms. The van der Waals surface area contributed by atoms with Crippen molar-refractivity contribution in [1.29, 1.82) is 0 Å². The van der Waals surface area contributed by atoms with Crippen LogP contribution in [-0.4, -0.2) is 18.2 Å². The molecule has 7 heteroatoms. The number of urea groups is 1. The Morgan fingerprint density at radius 1 is 1.23 bits per heavy atom. The maximum atomic E-state index is 12.7. The van der Waals surface area contributed by atoms with Crippen molar-refractivity contribution < 1.29 is 22.4 Å². The summed E-state index contributed by atoms with van der Waals surface area (Å²) in [4.78, 5) is 11.8. The number of halogens is 4. The van der Waals surface area contributed by atoms with Crippen LogP contribution in [0.2, 0.25) is 0 Å². The first kappa shape index (κ1) is 15.1. The van der Waals surface area contributed by atoms with Crippen molar-refractivity contribution in [3.05, 3.63) is 35.4 Å². The van der Waals surface area contributed by atoms with Gasteiger partial charge < -0.3 is 10.6 Å². The summed E-state index contributed by atoms with van der Waals surface area (Å²) in [6.07, 6.45) is -2.46. The lowest BCUT2D eigenvalue weighted by Crippen LogP contribution is -2.76. The van der Waals surface area contributed by atoms with Gasteiger partial charge in [0.25, 0.3) is 0 Å². The fourth-order valence-corrected chi connectivity index (χ4v) is 3.60. The second kappa shape index (κ2) is 4.86. The van der Waals surface area contributed by atoms with Crippen molar-refractivity contribution in [1.82, 2.24) is 10.6 Å². The first-order chi connectivity index (χ1) is 10.3. The fourth-order valence-electron chi connectivity index (χ4n) is 3.60. The molecule has 3 aliphatic carbocycles. The van der Waals surface area contributed by atoms with Gasteiger partial charge in [0.05, 0.1) is 12.2 Å². The van der Waals surface area contributed by atoms with Gasteiger partial charge in [-0.3, -0.25) is 4.39 Å². The van der Waals surface area contributed by atoms with Crippen molar-refractivity contribution in [2.45, 2.75) is 37.5 Å². The number of carbonyl (C=O) groups is 1. The topological polar surface area (TPSA) is 41.1 Å². The van der Waals surface area contributed by atoms with Gasteiger partial charge in [-0.2, -0.15) is 13.2 Å². The minimum Gasteiger partial charge on any atom is -0.334 e. The molecule has 0 aromatic heterocycles. The van der Waals surface area contributed by atoms with Gasteiger partial charge in [0, 0.05) is 17.5 Å². The predicted molar refractivity (Wildman–Crippen MR) is 71.8 cm³/mol. The molecule has 4 rings (SSSR count). The maximum absolute atomic E-state index is 12.7. The summed E-state index contributed by atoms with van der Waals surface area (Å²) >= 11 is 0. The molecule has 0 heterocycles. The zero-order valence-electron chi connectivity index (χ0n) is 11.8. The average Bonchev–Trinajstić information content (AvgIpc) is 2.38. The average molecular weight is 316 g/mol. The zero-order valence-corrected chi connectivity index (χ0v) is 11.8. The molecule has 0 aliphatic heterocycles. The van der Waals surface area contributed by atoms with Gasteiger partial charge in [-0.1, -0.05) is 12.1 Å². The Morgan fingerprint density at radius 3 is 2.50 bits per heavy atom. The van der Waals surface area contributed by atoms with E-state index >= 15 is 0 Å². The van der Waals surface area contributed by atoms with Crippen LogP contribution in [0.15, 0.2) is 24.3 Å². The SMILES string of the molecule is O=C(NCc1cccc(C(F)(F)F)c1)NC12CC(CF)(C1)C2. The molecule has 2 N–H and O–H groups in total.